The second-order valence-electron chi connectivity index (χ2n) is 6.12. The van der Waals surface area contributed by atoms with Crippen molar-refractivity contribution in [3.8, 4) is 0 Å². The number of fused-ring (bicyclic) bond motifs is 1. The summed E-state index contributed by atoms with van der Waals surface area (Å²) in [4.78, 5) is 29.3. The molecule has 2 aromatic carbocycles. The number of rotatable bonds is 4. The van der Waals surface area contributed by atoms with E-state index >= 15 is 0 Å². The molecule has 24 heavy (non-hydrogen) atoms. The van der Waals surface area contributed by atoms with E-state index in [1.807, 2.05) is 68.4 Å². The predicted molar refractivity (Wildman–Crippen MR) is 97.0 cm³/mol. The summed E-state index contributed by atoms with van der Waals surface area (Å²) in [7, 11) is 0. The number of H-pyrrole nitrogens is 1. The minimum atomic E-state index is -0.159. The van der Waals surface area contributed by atoms with Gasteiger partial charge in [0.05, 0.1) is 6.54 Å². The number of amides is 1. The number of carbonyl (C=O) groups is 1. The summed E-state index contributed by atoms with van der Waals surface area (Å²) >= 11 is 0. The fourth-order valence-electron chi connectivity index (χ4n) is 2.79. The van der Waals surface area contributed by atoms with Crippen LogP contribution in [0.2, 0.25) is 0 Å². The van der Waals surface area contributed by atoms with E-state index < -0.39 is 0 Å². The van der Waals surface area contributed by atoms with Gasteiger partial charge in [0.15, 0.2) is 0 Å². The van der Waals surface area contributed by atoms with Crippen LogP contribution in [0.15, 0.2) is 65.5 Å². The van der Waals surface area contributed by atoms with Crippen LogP contribution in [0.25, 0.3) is 10.9 Å². The SMILES string of the molecule is CC(C)C(=O)N(Cc1cc(=O)[nH]c2ccccc12)c1ccccc1. The highest BCUT2D eigenvalue weighted by Gasteiger charge is 2.20. The summed E-state index contributed by atoms with van der Waals surface area (Å²) < 4.78 is 0. The molecular weight excluding hydrogens is 300 g/mol. The van der Waals surface area contributed by atoms with Crippen LogP contribution in [0, 0.1) is 5.92 Å². The fraction of sp³-hybridized carbons (Fsp3) is 0.200. The Balaban J connectivity index is 2.08. The van der Waals surface area contributed by atoms with E-state index in [1.54, 1.807) is 11.0 Å². The van der Waals surface area contributed by atoms with Gasteiger partial charge in [0, 0.05) is 28.6 Å². The maximum atomic E-state index is 12.7. The second-order valence-corrected chi connectivity index (χ2v) is 6.12. The number of aromatic amines is 1. The molecule has 0 saturated heterocycles. The number of benzene rings is 2. The maximum absolute atomic E-state index is 12.7. The average Bonchev–Trinajstić information content (AvgIpc) is 2.59. The lowest BCUT2D eigenvalue weighted by Gasteiger charge is -2.25. The topological polar surface area (TPSA) is 53.2 Å². The molecule has 0 aliphatic rings. The number of nitrogens with zero attached hydrogens (tertiary/aromatic N) is 1. The quantitative estimate of drug-likeness (QED) is 0.796. The van der Waals surface area contributed by atoms with Gasteiger partial charge in [0.2, 0.25) is 11.5 Å². The molecule has 0 unspecified atom stereocenters. The van der Waals surface area contributed by atoms with Crippen molar-refractivity contribution >= 4 is 22.5 Å². The van der Waals surface area contributed by atoms with Gasteiger partial charge in [-0.1, -0.05) is 50.2 Å². The van der Waals surface area contributed by atoms with Gasteiger partial charge in [-0.05, 0) is 23.8 Å². The lowest BCUT2D eigenvalue weighted by molar-refractivity contribution is -0.121. The van der Waals surface area contributed by atoms with Crippen molar-refractivity contribution in [2.75, 3.05) is 4.90 Å². The molecule has 1 N–H and O–H groups in total. The first-order valence-electron chi connectivity index (χ1n) is 8.03. The van der Waals surface area contributed by atoms with E-state index in [2.05, 4.69) is 4.98 Å². The average molecular weight is 320 g/mol. The predicted octanol–water partition coefficient (Wildman–Crippen LogP) is 3.72. The molecule has 1 aromatic heterocycles. The molecule has 3 rings (SSSR count). The van der Waals surface area contributed by atoms with Gasteiger partial charge in [-0.15, -0.1) is 0 Å². The number of anilines is 1. The van der Waals surface area contributed by atoms with E-state index in [-0.39, 0.29) is 17.4 Å². The van der Waals surface area contributed by atoms with Crippen molar-refractivity contribution in [1.29, 1.82) is 0 Å². The van der Waals surface area contributed by atoms with Gasteiger partial charge in [-0.25, -0.2) is 0 Å². The van der Waals surface area contributed by atoms with Gasteiger partial charge in [-0.3, -0.25) is 9.59 Å². The molecule has 4 nitrogen and oxygen atoms in total. The maximum Gasteiger partial charge on any atom is 0.248 e. The monoisotopic (exact) mass is 320 g/mol. The largest absolute Gasteiger partial charge is 0.322 e. The summed E-state index contributed by atoms with van der Waals surface area (Å²) in [5, 5.41) is 0.953. The van der Waals surface area contributed by atoms with E-state index in [4.69, 9.17) is 0 Å². The molecule has 0 spiro atoms. The first-order chi connectivity index (χ1) is 11.6. The van der Waals surface area contributed by atoms with Crippen molar-refractivity contribution in [3.63, 3.8) is 0 Å². The third-order valence-corrected chi connectivity index (χ3v) is 3.99. The number of aromatic nitrogens is 1. The summed E-state index contributed by atoms with van der Waals surface area (Å²) in [5.74, 6) is -0.0935. The molecule has 0 bridgehead atoms. The minimum Gasteiger partial charge on any atom is -0.322 e. The zero-order valence-electron chi connectivity index (χ0n) is 13.8. The summed E-state index contributed by atoms with van der Waals surface area (Å²) in [6.07, 6.45) is 0. The molecule has 0 aliphatic heterocycles. The van der Waals surface area contributed by atoms with Gasteiger partial charge >= 0.3 is 0 Å². The molecule has 0 aliphatic carbocycles. The molecule has 3 aromatic rings. The number of para-hydroxylation sites is 2. The molecule has 122 valence electrons. The Bertz CT molecular complexity index is 914. The third kappa shape index (κ3) is 3.23. The smallest absolute Gasteiger partial charge is 0.248 e. The Morgan fingerprint density at radius 3 is 2.42 bits per heavy atom. The molecule has 4 heteroatoms. The second kappa shape index (κ2) is 6.71. The van der Waals surface area contributed by atoms with Gasteiger partial charge in [0.1, 0.15) is 0 Å². The van der Waals surface area contributed by atoms with Crippen LogP contribution in [-0.2, 0) is 11.3 Å². The molecule has 0 atom stereocenters. The highest BCUT2D eigenvalue weighted by Crippen LogP contribution is 2.22. The first kappa shape index (κ1) is 16.0. The number of hydrogen-bond acceptors (Lipinski definition) is 2. The standard InChI is InChI=1S/C20H20N2O2/c1-14(2)20(24)22(16-8-4-3-5-9-16)13-15-12-19(23)21-18-11-7-6-10-17(15)18/h3-12,14H,13H2,1-2H3,(H,21,23). The zero-order chi connectivity index (χ0) is 17.1. The highest BCUT2D eigenvalue weighted by molar-refractivity contribution is 5.95. The molecule has 1 heterocycles. The lowest BCUT2D eigenvalue weighted by atomic mass is 10.1. The third-order valence-electron chi connectivity index (χ3n) is 3.99. The van der Waals surface area contributed by atoms with Crippen LogP contribution in [0.1, 0.15) is 19.4 Å². The molecule has 1 amide bonds. The summed E-state index contributed by atoms with van der Waals surface area (Å²) in [6.45, 7) is 4.13. The van der Waals surface area contributed by atoms with Crippen LogP contribution in [0.4, 0.5) is 5.69 Å². The van der Waals surface area contributed by atoms with Gasteiger partial charge in [-0.2, -0.15) is 0 Å². The van der Waals surface area contributed by atoms with Gasteiger partial charge in [0.25, 0.3) is 0 Å². The number of hydrogen-bond donors (Lipinski definition) is 1. The Hall–Kier alpha value is -2.88. The molecular formula is C20H20N2O2. The van der Waals surface area contributed by atoms with Crippen molar-refractivity contribution in [2.24, 2.45) is 5.92 Å². The van der Waals surface area contributed by atoms with Crippen molar-refractivity contribution < 1.29 is 4.79 Å². The van der Waals surface area contributed by atoms with Crippen LogP contribution in [-0.4, -0.2) is 10.9 Å². The van der Waals surface area contributed by atoms with E-state index in [0.717, 1.165) is 22.2 Å². The van der Waals surface area contributed by atoms with Crippen molar-refractivity contribution in [3.05, 3.63) is 76.6 Å². The van der Waals surface area contributed by atoms with Crippen molar-refractivity contribution in [1.82, 2.24) is 4.98 Å². The van der Waals surface area contributed by atoms with Crippen LogP contribution in [0.3, 0.4) is 0 Å². The summed E-state index contributed by atoms with van der Waals surface area (Å²) in [5.41, 5.74) is 2.30. The van der Waals surface area contributed by atoms with E-state index in [0.29, 0.717) is 6.54 Å². The number of nitrogens with one attached hydrogen (secondary N) is 1. The number of carbonyl (C=O) groups excluding carboxylic acids is 1. The molecule has 0 radical (unpaired) electrons. The van der Waals surface area contributed by atoms with Crippen molar-refractivity contribution in [2.45, 2.75) is 20.4 Å². The Morgan fingerprint density at radius 2 is 1.71 bits per heavy atom. The highest BCUT2D eigenvalue weighted by atomic mass is 16.2. The zero-order valence-corrected chi connectivity index (χ0v) is 13.8. The number of pyridine rings is 1. The first-order valence-corrected chi connectivity index (χ1v) is 8.03. The summed E-state index contributed by atoms with van der Waals surface area (Å²) in [6, 6.07) is 18.8. The minimum absolute atomic E-state index is 0.0329. The van der Waals surface area contributed by atoms with Crippen LogP contribution in [0.5, 0.6) is 0 Å². The van der Waals surface area contributed by atoms with Crippen LogP contribution >= 0.6 is 0 Å². The Morgan fingerprint density at radius 1 is 1.04 bits per heavy atom. The van der Waals surface area contributed by atoms with Gasteiger partial charge < -0.3 is 9.88 Å². The van der Waals surface area contributed by atoms with E-state index in [1.165, 1.54) is 0 Å². The van der Waals surface area contributed by atoms with E-state index in [9.17, 15) is 9.59 Å². The van der Waals surface area contributed by atoms with Crippen LogP contribution < -0.4 is 10.5 Å². The molecule has 0 saturated carbocycles. The normalized spacial score (nSPS) is 11.0. The molecule has 0 fully saturated rings. The Kier molecular flexibility index (Phi) is 4.47. The Labute approximate surface area is 140 Å². The lowest BCUT2D eigenvalue weighted by Crippen LogP contribution is -2.34. The fourth-order valence-corrected chi connectivity index (χ4v) is 2.79.